The lowest BCUT2D eigenvalue weighted by Gasteiger charge is -2.30. The van der Waals surface area contributed by atoms with E-state index in [4.69, 9.17) is 4.74 Å². The zero-order valence-corrected chi connectivity index (χ0v) is 13.8. The minimum Gasteiger partial charge on any atom is -0.374 e. The Labute approximate surface area is 133 Å². The molecule has 126 valence electrons. The van der Waals surface area contributed by atoms with Crippen molar-refractivity contribution in [3.05, 3.63) is 0 Å². The highest BCUT2D eigenvalue weighted by atomic mass is 16.5. The highest BCUT2D eigenvalue weighted by molar-refractivity contribution is 5.85. The number of ether oxygens (including phenoxy) is 1. The first-order valence-corrected chi connectivity index (χ1v) is 8.29. The van der Waals surface area contributed by atoms with Crippen LogP contribution >= 0.6 is 0 Å². The number of rotatable bonds is 5. The van der Waals surface area contributed by atoms with Gasteiger partial charge in [-0.2, -0.15) is 0 Å². The second-order valence-corrected chi connectivity index (χ2v) is 5.92. The van der Waals surface area contributed by atoms with Crippen molar-refractivity contribution < 1.29 is 9.53 Å². The Morgan fingerprint density at radius 1 is 1.27 bits per heavy atom. The number of carbonyl (C=O) groups excluding carboxylic acids is 1. The summed E-state index contributed by atoms with van der Waals surface area (Å²) in [6.07, 6.45) is 2.39. The predicted octanol–water partition coefficient (Wildman–Crippen LogP) is -0.505. The van der Waals surface area contributed by atoms with Gasteiger partial charge >= 0.3 is 0 Å². The van der Waals surface area contributed by atoms with Gasteiger partial charge in [0.05, 0.1) is 12.7 Å². The minimum atomic E-state index is 0.114. The van der Waals surface area contributed by atoms with Crippen LogP contribution in [0.25, 0.3) is 0 Å². The van der Waals surface area contributed by atoms with E-state index >= 15 is 0 Å². The third kappa shape index (κ3) is 5.46. The molecule has 2 N–H and O–H groups in total. The van der Waals surface area contributed by atoms with E-state index in [0.29, 0.717) is 12.5 Å². The molecule has 2 aliphatic heterocycles. The molecule has 2 aliphatic rings. The number of hydrogen-bond donors (Lipinski definition) is 2. The molecule has 2 fully saturated rings. The van der Waals surface area contributed by atoms with Gasteiger partial charge in [-0.15, -0.1) is 0 Å². The molecule has 0 aromatic rings. The second kappa shape index (κ2) is 8.95. The lowest BCUT2D eigenvalue weighted by Crippen LogP contribution is -2.48. The molecule has 2 saturated heterocycles. The Hall–Kier alpha value is -1.34. The molecule has 0 aliphatic carbocycles. The Balaban J connectivity index is 1.77. The maximum Gasteiger partial charge on any atom is 0.244 e. The minimum absolute atomic E-state index is 0.114. The van der Waals surface area contributed by atoms with Crippen LogP contribution in [0.15, 0.2) is 4.99 Å². The molecule has 1 atom stereocenters. The summed E-state index contributed by atoms with van der Waals surface area (Å²) in [4.78, 5) is 20.6. The largest absolute Gasteiger partial charge is 0.374 e. The highest BCUT2D eigenvalue weighted by Crippen LogP contribution is 2.07. The summed E-state index contributed by atoms with van der Waals surface area (Å²) < 4.78 is 5.72. The Bertz CT molecular complexity index is 382. The fraction of sp³-hybridized carbons (Fsp3) is 0.867. The van der Waals surface area contributed by atoms with Gasteiger partial charge in [0.15, 0.2) is 5.96 Å². The maximum absolute atomic E-state index is 12.0. The van der Waals surface area contributed by atoms with Crippen LogP contribution in [0.4, 0.5) is 0 Å². The van der Waals surface area contributed by atoms with Crippen molar-refractivity contribution in [3.63, 3.8) is 0 Å². The molecule has 0 saturated carbocycles. The highest BCUT2D eigenvalue weighted by Gasteiger charge is 2.19. The predicted molar refractivity (Wildman–Crippen MR) is 87.0 cm³/mol. The molecular formula is C15H29N5O2. The fourth-order valence-corrected chi connectivity index (χ4v) is 2.76. The quantitative estimate of drug-likeness (QED) is 0.529. The lowest BCUT2D eigenvalue weighted by molar-refractivity contribution is -0.128. The normalized spacial score (nSPS) is 23.6. The summed E-state index contributed by atoms with van der Waals surface area (Å²) in [5.41, 5.74) is 0. The van der Waals surface area contributed by atoms with E-state index in [1.165, 1.54) is 0 Å². The number of nitrogens with one attached hydrogen (secondary N) is 2. The van der Waals surface area contributed by atoms with Crippen LogP contribution in [-0.2, 0) is 9.53 Å². The van der Waals surface area contributed by atoms with Crippen LogP contribution in [0.5, 0.6) is 0 Å². The molecule has 7 heteroatoms. The van der Waals surface area contributed by atoms with Crippen LogP contribution in [0.2, 0.25) is 0 Å². The first-order valence-electron chi connectivity index (χ1n) is 8.29. The van der Waals surface area contributed by atoms with Gasteiger partial charge in [-0.05, 0) is 26.8 Å². The number of likely N-dealkylation sites (tertiary alicyclic amines) is 1. The van der Waals surface area contributed by atoms with Gasteiger partial charge in [0.1, 0.15) is 6.54 Å². The molecule has 2 heterocycles. The van der Waals surface area contributed by atoms with Crippen molar-refractivity contribution >= 4 is 11.9 Å². The van der Waals surface area contributed by atoms with Gasteiger partial charge in [-0.1, -0.05) is 0 Å². The number of likely N-dealkylation sites (N-methyl/N-ethyl adjacent to an activating group) is 1. The number of amides is 1. The van der Waals surface area contributed by atoms with Crippen LogP contribution in [0, 0.1) is 0 Å². The van der Waals surface area contributed by atoms with Gasteiger partial charge in [-0.3, -0.25) is 4.79 Å². The Morgan fingerprint density at radius 3 is 2.73 bits per heavy atom. The van der Waals surface area contributed by atoms with Gasteiger partial charge in [0.2, 0.25) is 5.91 Å². The van der Waals surface area contributed by atoms with Gasteiger partial charge in [-0.25, -0.2) is 4.99 Å². The van der Waals surface area contributed by atoms with Crippen LogP contribution in [0.3, 0.4) is 0 Å². The number of guanidine groups is 1. The molecule has 0 radical (unpaired) electrons. The summed E-state index contributed by atoms with van der Waals surface area (Å²) in [6.45, 7) is 8.12. The summed E-state index contributed by atoms with van der Waals surface area (Å²) >= 11 is 0. The van der Waals surface area contributed by atoms with Crippen molar-refractivity contribution in [2.24, 2.45) is 4.99 Å². The van der Waals surface area contributed by atoms with Crippen LogP contribution in [0.1, 0.15) is 19.8 Å². The zero-order valence-electron chi connectivity index (χ0n) is 13.8. The summed E-state index contributed by atoms with van der Waals surface area (Å²) in [7, 11) is 2.10. The van der Waals surface area contributed by atoms with E-state index in [9.17, 15) is 4.79 Å². The van der Waals surface area contributed by atoms with Crippen molar-refractivity contribution in [2.75, 3.05) is 59.5 Å². The molecule has 1 unspecified atom stereocenters. The average Bonchev–Trinajstić information content (AvgIpc) is 3.04. The SMILES string of the molecule is CCNC(=NCC(=O)N1CCCC1)NCC1CN(C)CCO1. The third-order valence-electron chi connectivity index (χ3n) is 4.01. The smallest absolute Gasteiger partial charge is 0.244 e. The molecular weight excluding hydrogens is 282 g/mol. The van der Waals surface area contributed by atoms with Crippen LogP contribution in [-0.4, -0.2) is 87.2 Å². The first kappa shape index (κ1) is 17.0. The Morgan fingerprint density at radius 2 is 2.05 bits per heavy atom. The van der Waals surface area contributed by atoms with Crippen molar-refractivity contribution in [3.8, 4) is 0 Å². The number of carbonyl (C=O) groups is 1. The van der Waals surface area contributed by atoms with Crippen molar-refractivity contribution in [1.29, 1.82) is 0 Å². The van der Waals surface area contributed by atoms with Crippen molar-refractivity contribution in [1.82, 2.24) is 20.4 Å². The van der Waals surface area contributed by atoms with E-state index in [1.807, 2.05) is 11.8 Å². The molecule has 1 amide bonds. The second-order valence-electron chi connectivity index (χ2n) is 5.92. The van der Waals surface area contributed by atoms with E-state index in [2.05, 4.69) is 27.6 Å². The zero-order chi connectivity index (χ0) is 15.8. The van der Waals surface area contributed by atoms with Gasteiger partial charge < -0.3 is 25.2 Å². The maximum atomic E-state index is 12.0. The molecule has 0 spiro atoms. The number of morpholine rings is 1. The van der Waals surface area contributed by atoms with E-state index in [-0.39, 0.29) is 18.6 Å². The Kier molecular flexibility index (Phi) is 6.92. The lowest BCUT2D eigenvalue weighted by atomic mass is 10.3. The number of nitrogens with zero attached hydrogens (tertiary/aromatic N) is 3. The third-order valence-corrected chi connectivity index (χ3v) is 4.01. The summed E-state index contributed by atoms with van der Waals surface area (Å²) in [5, 5.41) is 6.45. The van der Waals surface area contributed by atoms with E-state index in [0.717, 1.165) is 52.2 Å². The topological polar surface area (TPSA) is 69.2 Å². The van der Waals surface area contributed by atoms with Gasteiger partial charge in [0.25, 0.3) is 0 Å². The molecule has 7 nitrogen and oxygen atoms in total. The molecule has 0 bridgehead atoms. The van der Waals surface area contributed by atoms with E-state index in [1.54, 1.807) is 0 Å². The first-order chi connectivity index (χ1) is 10.7. The molecule has 0 aromatic heterocycles. The molecule has 2 rings (SSSR count). The van der Waals surface area contributed by atoms with Crippen molar-refractivity contribution in [2.45, 2.75) is 25.9 Å². The molecule has 0 aromatic carbocycles. The number of aliphatic imine (C=N–C) groups is 1. The van der Waals surface area contributed by atoms with Gasteiger partial charge in [0, 0.05) is 39.3 Å². The van der Waals surface area contributed by atoms with E-state index < -0.39 is 0 Å². The number of hydrogen-bond acceptors (Lipinski definition) is 4. The standard InChI is InChI=1S/C15H29N5O2/c1-3-16-15(17-10-13-12-19(2)8-9-22-13)18-11-14(21)20-6-4-5-7-20/h13H,3-12H2,1-2H3,(H2,16,17,18). The summed E-state index contributed by atoms with van der Waals surface area (Å²) in [5.74, 6) is 0.801. The average molecular weight is 311 g/mol. The molecule has 22 heavy (non-hydrogen) atoms. The van der Waals surface area contributed by atoms with Crippen LogP contribution < -0.4 is 10.6 Å². The summed E-state index contributed by atoms with van der Waals surface area (Å²) in [6, 6.07) is 0. The monoisotopic (exact) mass is 311 g/mol. The fourth-order valence-electron chi connectivity index (χ4n) is 2.76.